The van der Waals surface area contributed by atoms with Crippen molar-refractivity contribution in [2.24, 2.45) is 5.73 Å². The molecule has 0 fully saturated rings. The van der Waals surface area contributed by atoms with Crippen molar-refractivity contribution in [3.63, 3.8) is 0 Å². The van der Waals surface area contributed by atoms with Crippen molar-refractivity contribution in [2.45, 2.75) is 30.8 Å². The van der Waals surface area contributed by atoms with E-state index in [9.17, 15) is 14.7 Å². The molecule has 47 heavy (non-hydrogen) atoms. The summed E-state index contributed by atoms with van der Waals surface area (Å²) in [5, 5.41) is 60.8. The van der Waals surface area contributed by atoms with Crippen LogP contribution in [0.5, 0.6) is 0 Å². The summed E-state index contributed by atoms with van der Waals surface area (Å²) in [4.78, 5) is 20.9. The summed E-state index contributed by atoms with van der Waals surface area (Å²) in [6.45, 7) is 0.347. The highest BCUT2D eigenvalue weighted by Gasteiger charge is 2.20. The fraction of sp³-hybridized carbons (Fsp3) is 0.278. The molecule has 0 aliphatic rings. The Morgan fingerprint density at radius 3 is 1.15 bits per heavy atom. The van der Waals surface area contributed by atoms with Gasteiger partial charge in [-0.3, -0.25) is 4.79 Å². The minimum Gasteiger partial charge on any atom is -0.550 e. The molecule has 0 aliphatic heterocycles. The number of carboxylic acids is 2. The van der Waals surface area contributed by atoms with E-state index in [1.165, 1.54) is 0 Å². The van der Waals surface area contributed by atoms with Crippen LogP contribution in [0.3, 0.4) is 0 Å². The normalized spacial score (nSPS) is 10.6. The monoisotopic (exact) mass is 650 g/mol. The second-order valence-electron chi connectivity index (χ2n) is 11.2. The van der Waals surface area contributed by atoms with Crippen molar-refractivity contribution in [1.29, 1.82) is 0 Å². The van der Waals surface area contributed by atoms with E-state index in [1.807, 2.05) is 109 Å². The van der Waals surface area contributed by atoms with Gasteiger partial charge in [-0.2, -0.15) is 0 Å². The predicted molar refractivity (Wildman–Crippen MR) is 177 cm³/mol. The van der Waals surface area contributed by atoms with Crippen LogP contribution in [0.4, 0.5) is 0 Å². The number of aliphatic carboxylic acids is 2. The van der Waals surface area contributed by atoms with Crippen LogP contribution in [-0.2, 0) is 22.4 Å². The van der Waals surface area contributed by atoms with E-state index in [1.54, 1.807) is 6.92 Å². The Bertz CT molecular complexity index is 1320. The number of hydrogen-bond donors (Lipinski definition) is 8. The summed E-state index contributed by atoms with van der Waals surface area (Å²) < 4.78 is 0. The zero-order valence-corrected chi connectivity index (χ0v) is 26.5. The molecule has 11 N–H and O–H groups in total. The number of hydrogen-bond acceptors (Lipinski definition) is 9. The Morgan fingerprint density at radius 2 is 0.915 bits per heavy atom. The zero-order chi connectivity index (χ0) is 35.3. The van der Waals surface area contributed by atoms with Gasteiger partial charge in [0, 0.05) is 12.4 Å². The third-order valence-corrected chi connectivity index (χ3v) is 6.53. The molecule has 0 spiro atoms. The Hall–Kier alpha value is -4.46. The first-order valence-corrected chi connectivity index (χ1v) is 14.7. The van der Waals surface area contributed by atoms with Crippen molar-refractivity contribution in [3.8, 4) is 22.3 Å². The van der Waals surface area contributed by atoms with E-state index in [-0.39, 0.29) is 26.1 Å². The number of rotatable bonds is 11. The lowest BCUT2D eigenvalue weighted by Gasteiger charge is -2.20. The maximum atomic E-state index is 10.5. The molecule has 0 saturated heterocycles. The van der Waals surface area contributed by atoms with Gasteiger partial charge in [-0.25, -0.2) is 0 Å². The van der Waals surface area contributed by atoms with Crippen molar-refractivity contribution in [2.75, 3.05) is 33.0 Å². The summed E-state index contributed by atoms with van der Waals surface area (Å²) in [6.07, 6.45) is 0.0458. The van der Waals surface area contributed by atoms with Gasteiger partial charge in [0.2, 0.25) is 0 Å². The highest BCUT2D eigenvalue weighted by molar-refractivity contribution is 5.71. The molecular weight excluding hydrogens is 604 g/mol. The zero-order valence-electron chi connectivity index (χ0n) is 26.5. The molecule has 0 radical (unpaired) electrons. The maximum absolute atomic E-state index is 10.5. The van der Waals surface area contributed by atoms with Crippen LogP contribution in [0.1, 0.15) is 18.1 Å². The van der Waals surface area contributed by atoms with Gasteiger partial charge in [-0.1, -0.05) is 109 Å². The number of aliphatic hydroxyl groups is 5. The van der Waals surface area contributed by atoms with Gasteiger partial charge in [0.1, 0.15) is 5.54 Å². The van der Waals surface area contributed by atoms with Gasteiger partial charge in [0.05, 0.1) is 45.0 Å². The van der Waals surface area contributed by atoms with Crippen LogP contribution in [-0.4, -0.2) is 86.7 Å². The van der Waals surface area contributed by atoms with Crippen molar-refractivity contribution < 1.29 is 51.1 Å². The predicted octanol–water partition coefficient (Wildman–Crippen LogP) is 0.259. The first kappa shape index (κ1) is 40.6. The second-order valence-corrected chi connectivity index (χ2v) is 11.2. The maximum Gasteiger partial charge on any atom is 0.307 e. The van der Waals surface area contributed by atoms with Crippen molar-refractivity contribution in [1.82, 2.24) is 0 Å². The van der Waals surface area contributed by atoms with E-state index in [0.29, 0.717) is 0 Å². The Morgan fingerprint density at radius 1 is 0.596 bits per heavy atom. The molecule has 4 aromatic rings. The van der Waals surface area contributed by atoms with Gasteiger partial charge in [-0.05, 0) is 40.3 Å². The summed E-state index contributed by atoms with van der Waals surface area (Å²) in [5.74, 6) is -1.85. The lowest BCUT2D eigenvalue weighted by atomic mass is 10.0. The second kappa shape index (κ2) is 21.4. The minimum atomic E-state index is -1.21. The van der Waals surface area contributed by atoms with Crippen LogP contribution in [0.15, 0.2) is 109 Å². The lowest BCUT2D eigenvalue weighted by molar-refractivity contribution is -0.483. The van der Waals surface area contributed by atoms with E-state index < -0.39 is 42.8 Å². The average Bonchev–Trinajstić information content (AvgIpc) is 3.10. The fourth-order valence-electron chi connectivity index (χ4n) is 3.43. The summed E-state index contributed by atoms with van der Waals surface area (Å²) in [6, 6.07) is 35.1. The lowest BCUT2D eigenvalue weighted by Crippen LogP contribution is -2.74. The molecule has 0 heterocycles. The molecule has 0 saturated carbocycles. The number of benzene rings is 4. The molecule has 11 nitrogen and oxygen atoms in total. The van der Waals surface area contributed by atoms with Crippen LogP contribution in [0.2, 0.25) is 0 Å². The van der Waals surface area contributed by atoms with Crippen LogP contribution in [0.25, 0.3) is 22.3 Å². The molecule has 254 valence electrons. The quantitative estimate of drug-likeness (QED) is 0.110. The van der Waals surface area contributed by atoms with E-state index in [0.717, 1.165) is 33.4 Å². The number of carbonyl (C=O) groups excluding carboxylic acids is 1. The third kappa shape index (κ3) is 16.6. The van der Waals surface area contributed by atoms with Crippen molar-refractivity contribution in [3.05, 3.63) is 120 Å². The van der Waals surface area contributed by atoms with E-state index in [4.69, 9.17) is 36.4 Å². The highest BCUT2D eigenvalue weighted by atomic mass is 16.4. The molecular formula is C36H46N2O9. The summed E-state index contributed by atoms with van der Waals surface area (Å²) >= 11 is 0. The van der Waals surface area contributed by atoms with Gasteiger partial charge in [-0.15, -0.1) is 0 Å². The number of carbonyl (C=O) groups is 2. The standard InChI is InChI=1S/2C14H12O2.C4H11NO3.C4H11NO2/c2*15-14(16)10-11-6-8-13(9-7-11)12-4-2-1-3-5-12;5-4(1-6,2-7)3-8;1-4(5,2-6)3-7/h2*1-9H,10H2,(H,15,16);6-8H,1-3,5H2;6-7H,2-3,5H2,1H3. The Kier molecular flexibility index (Phi) is 18.4. The molecule has 0 aliphatic carbocycles. The van der Waals surface area contributed by atoms with Crippen LogP contribution < -0.4 is 16.6 Å². The van der Waals surface area contributed by atoms with Gasteiger partial charge < -0.3 is 52.0 Å². The Balaban J connectivity index is 0.000000335. The SMILES string of the molecule is CC([NH3+])(CO)CO.NC(CO)(CO)CO.O=C(O)Cc1ccc(-c2ccccc2)cc1.O=C([O-])Cc1ccc(-c2ccccc2)cc1. The number of nitrogens with two attached hydrogens (primary N) is 1. The first-order valence-electron chi connectivity index (χ1n) is 14.7. The van der Waals surface area contributed by atoms with Gasteiger partial charge in [0.15, 0.2) is 0 Å². The number of carboxylic acid groups (broad SMARTS) is 2. The fourth-order valence-corrected chi connectivity index (χ4v) is 3.43. The van der Waals surface area contributed by atoms with Crippen LogP contribution in [0, 0.1) is 0 Å². The van der Waals surface area contributed by atoms with E-state index >= 15 is 0 Å². The van der Waals surface area contributed by atoms with Crippen molar-refractivity contribution >= 4 is 11.9 Å². The smallest absolute Gasteiger partial charge is 0.307 e. The van der Waals surface area contributed by atoms with Crippen LogP contribution >= 0.6 is 0 Å². The first-order chi connectivity index (χ1) is 22.3. The summed E-state index contributed by atoms with van der Waals surface area (Å²) in [5.41, 5.74) is 12.9. The average molecular weight is 651 g/mol. The number of quaternary nitrogens is 1. The molecule has 4 rings (SSSR count). The van der Waals surface area contributed by atoms with Gasteiger partial charge >= 0.3 is 5.97 Å². The molecule has 0 bridgehead atoms. The van der Waals surface area contributed by atoms with E-state index in [2.05, 4.69) is 5.73 Å². The number of aliphatic hydroxyl groups excluding tert-OH is 5. The topological polar surface area (TPSA) is 232 Å². The molecule has 11 heteroatoms. The molecule has 0 unspecified atom stereocenters. The Labute approximate surface area is 275 Å². The molecule has 4 aromatic carbocycles. The summed E-state index contributed by atoms with van der Waals surface area (Å²) in [7, 11) is 0. The van der Waals surface area contributed by atoms with Gasteiger partial charge in [0.25, 0.3) is 0 Å². The highest BCUT2D eigenvalue weighted by Crippen LogP contribution is 2.20. The third-order valence-electron chi connectivity index (χ3n) is 6.53. The minimum absolute atomic E-state index is 0.0327. The molecule has 0 atom stereocenters. The molecule has 0 aromatic heterocycles. The molecule has 0 amide bonds. The largest absolute Gasteiger partial charge is 0.550 e.